The molecule has 0 aliphatic heterocycles. The molecule has 3 N–H and O–H groups in total. The van der Waals surface area contributed by atoms with Gasteiger partial charge >= 0.3 is 0 Å². The van der Waals surface area contributed by atoms with Crippen LogP contribution in [0.3, 0.4) is 0 Å². The molecule has 0 atom stereocenters. The highest BCUT2D eigenvalue weighted by atomic mass is 32.1. The maximum atomic E-state index is 13.1. The molecule has 0 aliphatic rings. The average molecular weight is 429 g/mol. The van der Waals surface area contributed by atoms with Crippen LogP contribution in [-0.2, 0) is 6.54 Å². The van der Waals surface area contributed by atoms with Crippen molar-refractivity contribution < 1.29 is 4.79 Å². The number of benzene rings is 2. The number of carbonyl (C=O) groups excluding carboxylic acids is 1. The van der Waals surface area contributed by atoms with Gasteiger partial charge in [-0.2, -0.15) is 0 Å². The molecule has 3 aromatic heterocycles. The van der Waals surface area contributed by atoms with Gasteiger partial charge in [0.05, 0.1) is 5.69 Å². The number of aryl methyl sites for hydroxylation is 1. The van der Waals surface area contributed by atoms with Gasteiger partial charge in [-0.3, -0.25) is 4.79 Å². The molecule has 156 valence electrons. The van der Waals surface area contributed by atoms with Gasteiger partial charge in [0.2, 0.25) is 0 Å². The van der Waals surface area contributed by atoms with E-state index in [2.05, 4.69) is 59.9 Å². The predicted octanol–water partition coefficient (Wildman–Crippen LogP) is 6.38. The second-order valence-electron chi connectivity index (χ2n) is 8.04. The van der Waals surface area contributed by atoms with Crippen LogP contribution in [0.25, 0.3) is 32.0 Å². The Kier molecular flexibility index (Phi) is 4.67. The van der Waals surface area contributed by atoms with Crippen molar-refractivity contribution in [3.63, 3.8) is 0 Å². The van der Waals surface area contributed by atoms with Gasteiger partial charge in [0.25, 0.3) is 5.91 Å². The number of thiophene rings is 1. The summed E-state index contributed by atoms with van der Waals surface area (Å²) in [6.07, 6.45) is 0. The van der Waals surface area contributed by atoms with Gasteiger partial charge in [0.1, 0.15) is 9.71 Å². The maximum Gasteiger partial charge on any atom is 0.267 e. The van der Waals surface area contributed by atoms with Crippen molar-refractivity contribution in [1.29, 1.82) is 0 Å². The number of nitrogens with one attached hydrogen (secondary N) is 1. The van der Waals surface area contributed by atoms with Crippen molar-refractivity contribution in [2.45, 2.75) is 33.2 Å². The second-order valence-corrected chi connectivity index (χ2v) is 9.03. The highest BCUT2D eigenvalue weighted by Gasteiger charge is 2.19. The van der Waals surface area contributed by atoms with Crippen LogP contribution in [0.1, 0.15) is 42.1 Å². The summed E-state index contributed by atoms with van der Waals surface area (Å²) in [5, 5.41) is 6.18. The number of pyridine rings is 1. The molecule has 6 heteroatoms. The zero-order valence-electron chi connectivity index (χ0n) is 17.8. The third-order valence-electron chi connectivity index (χ3n) is 5.76. The molecule has 0 aliphatic carbocycles. The molecule has 31 heavy (non-hydrogen) atoms. The lowest BCUT2D eigenvalue weighted by atomic mass is 10.1. The number of fused-ring (bicyclic) bond motifs is 4. The van der Waals surface area contributed by atoms with E-state index in [1.165, 1.54) is 22.2 Å². The van der Waals surface area contributed by atoms with Crippen LogP contribution in [-0.4, -0.2) is 15.5 Å². The first-order valence-corrected chi connectivity index (χ1v) is 11.3. The lowest BCUT2D eigenvalue weighted by Gasteiger charge is -2.06. The molecule has 0 radical (unpaired) electrons. The number of nitrogens with zero attached hydrogens (tertiary/aromatic N) is 2. The smallest absolute Gasteiger partial charge is 0.267 e. The van der Waals surface area contributed by atoms with Crippen LogP contribution in [0, 0.1) is 0 Å². The summed E-state index contributed by atoms with van der Waals surface area (Å²) in [4.78, 5) is 19.1. The van der Waals surface area contributed by atoms with E-state index in [-0.39, 0.29) is 5.91 Å². The number of amides is 1. The van der Waals surface area contributed by atoms with E-state index >= 15 is 0 Å². The van der Waals surface area contributed by atoms with Gasteiger partial charge < -0.3 is 15.6 Å². The number of rotatable bonds is 4. The third-order valence-corrected chi connectivity index (χ3v) is 6.87. The first-order valence-electron chi connectivity index (χ1n) is 10.5. The molecule has 0 unspecified atom stereocenters. The Bertz CT molecular complexity index is 1460. The zero-order chi connectivity index (χ0) is 21.7. The summed E-state index contributed by atoms with van der Waals surface area (Å²) in [5.41, 5.74) is 10.9. The van der Waals surface area contributed by atoms with E-state index in [0.29, 0.717) is 16.5 Å². The largest absolute Gasteiger partial charge is 0.397 e. The number of nitrogen functional groups attached to an aromatic ring is 1. The van der Waals surface area contributed by atoms with Gasteiger partial charge in [-0.05, 0) is 49.2 Å². The Hall–Kier alpha value is -3.38. The molecule has 2 aromatic carbocycles. The Labute approximate surface area is 184 Å². The first-order chi connectivity index (χ1) is 15.0. The van der Waals surface area contributed by atoms with Crippen molar-refractivity contribution in [3.05, 3.63) is 65.2 Å². The van der Waals surface area contributed by atoms with Crippen molar-refractivity contribution in [1.82, 2.24) is 9.55 Å². The van der Waals surface area contributed by atoms with E-state index in [9.17, 15) is 4.79 Å². The molecule has 5 aromatic rings. The minimum atomic E-state index is -0.204. The van der Waals surface area contributed by atoms with Crippen molar-refractivity contribution in [2.24, 2.45) is 0 Å². The number of para-hydroxylation sites is 1. The number of nitrogens with two attached hydrogens (primary N) is 1. The molecular formula is C25H24N4OS. The summed E-state index contributed by atoms with van der Waals surface area (Å²) in [6, 6.07) is 18.4. The molecule has 0 bridgehead atoms. The average Bonchev–Trinajstić information content (AvgIpc) is 3.27. The molecule has 0 saturated carbocycles. The van der Waals surface area contributed by atoms with Crippen LogP contribution < -0.4 is 11.1 Å². The Morgan fingerprint density at radius 1 is 1.06 bits per heavy atom. The number of aromatic nitrogens is 2. The molecule has 0 fully saturated rings. The first kappa shape index (κ1) is 19.6. The van der Waals surface area contributed by atoms with E-state index in [0.717, 1.165) is 39.0 Å². The van der Waals surface area contributed by atoms with E-state index in [1.54, 1.807) is 0 Å². The van der Waals surface area contributed by atoms with Crippen LogP contribution in [0.5, 0.6) is 0 Å². The highest BCUT2D eigenvalue weighted by Crippen LogP contribution is 2.35. The van der Waals surface area contributed by atoms with Crippen LogP contribution in [0.2, 0.25) is 0 Å². The highest BCUT2D eigenvalue weighted by molar-refractivity contribution is 7.21. The van der Waals surface area contributed by atoms with Gasteiger partial charge in [0, 0.05) is 45.1 Å². The van der Waals surface area contributed by atoms with Gasteiger partial charge in [-0.15, -0.1) is 11.3 Å². The maximum absolute atomic E-state index is 13.1. The fraction of sp³-hybridized carbons (Fsp3) is 0.200. The van der Waals surface area contributed by atoms with Crippen molar-refractivity contribution in [3.8, 4) is 0 Å². The minimum Gasteiger partial charge on any atom is -0.397 e. The molecule has 3 heterocycles. The number of carbonyl (C=O) groups is 1. The summed E-state index contributed by atoms with van der Waals surface area (Å²) in [5.74, 6) is 0.118. The number of hydrogen-bond acceptors (Lipinski definition) is 4. The molecule has 5 rings (SSSR count). The molecule has 0 saturated heterocycles. The van der Waals surface area contributed by atoms with E-state index < -0.39 is 0 Å². The van der Waals surface area contributed by atoms with E-state index in [4.69, 9.17) is 5.73 Å². The summed E-state index contributed by atoms with van der Waals surface area (Å²) in [6.45, 7) is 7.23. The summed E-state index contributed by atoms with van der Waals surface area (Å²) in [7, 11) is 0. The third kappa shape index (κ3) is 3.15. The molecular weight excluding hydrogens is 404 g/mol. The fourth-order valence-electron chi connectivity index (χ4n) is 4.16. The minimum absolute atomic E-state index is 0.204. The van der Waals surface area contributed by atoms with Crippen molar-refractivity contribution in [2.75, 3.05) is 11.1 Å². The van der Waals surface area contributed by atoms with Gasteiger partial charge in [-0.1, -0.05) is 32.0 Å². The number of anilines is 2. The van der Waals surface area contributed by atoms with E-state index in [1.807, 2.05) is 30.3 Å². The standard InChI is InChI=1S/C25H24N4OS/c1-4-29-20-8-6-5-7-16(20)18-13-15(9-12-21(18)29)27-24(30)23-22(26)17-10-11-19(14(2)3)28-25(17)31-23/h5-14H,4,26H2,1-3H3,(H,27,30). The van der Waals surface area contributed by atoms with Gasteiger partial charge in [0.15, 0.2) is 0 Å². The predicted molar refractivity (Wildman–Crippen MR) is 131 cm³/mol. The zero-order valence-corrected chi connectivity index (χ0v) is 18.6. The summed E-state index contributed by atoms with van der Waals surface area (Å²) >= 11 is 1.34. The molecule has 1 amide bonds. The fourth-order valence-corrected chi connectivity index (χ4v) is 5.16. The quantitative estimate of drug-likeness (QED) is 0.349. The van der Waals surface area contributed by atoms with Crippen LogP contribution in [0.15, 0.2) is 54.6 Å². The Morgan fingerprint density at radius 2 is 1.84 bits per heavy atom. The molecule has 5 nitrogen and oxygen atoms in total. The monoisotopic (exact) mass is 428 g/mol. The van der Waals surface area contributed by atoms with Crippen LogP contribution in [0.4, 0.5) is 11.4 Å². The Morgan fingerprint density at radius 3 is 2.61 bits per heavy atom. The van der Waals surface area contributed by atoms with Crippen molar-refractivity contribution >= 4 is 60.6 Å². The topological polar surface area (TPSA) is 72.9 Å². The van der Waals surface area contributed by atoms with Crippen LogP contribution >= 0.6 is 11.3 Å². The normalized spacial score (nSPS) is 11.7. The van der Waals surface area contributed by atoms with Gasteiger partial charge in [-0.25, -0.2) is 4.98 Å². The molecule has 0 spiro atoms. The second kappa shape index (κ2) is 7.39. The SMILES string of the molecule is CCn1c2ccccc2c2cc(NC(=O)c3sc4nc(C(C)C)ccc4c3N)ccc21. The lowest BCUT2D eigenvalue weighted by molar-refractivity contribution is 0.103. The summed E-state index contributed by atoms with van der Waals surface area (Å²) < 4.78 is 2.29. The lowest BCUT2D eigenvalue weighted by Crippen LogP contribution is -2.11. The Balaban J connectivity index is 1.53. The number of hydrogen-bond donors (Lipinski definition) is 2.